The number of aryl methyl sites for hydroxylation is 2. The molecule has 1 amide bonds. The lowest BCUT2D eigenvalue weighted by Crippen LogP contribution is -2.24. The molecule has 0 spiro atoms. The summed E-state index contributed by atoms with van der Waals surface area (Å²) in [4.78, 5) is 13.6. The second-order valence-corrected chi connectivity index (χ2v) is 6.14. The number of carbonyl (C=O) groups excluding carboxylic acids is 1. The van der Waals surface area contributed by atoms with Crippen LogP contribution in [0.5, 0.6) is 0 Å². The van der Waals surface area contributed by atoms with Gasteiger partial charge in [-0.25, -0.2) is 8.78 Å². The molecule has 0 saturated carbocycles. The highest BCUT2D eigenvalue weighted by Gasteiger charge is 2.31. The van der Waals surface area contributed by atoms with E-state index in [-0.39, 0.29) is 24.6 Å². The molecule has 3 heterocycles. The second kappa shape index (κ2) is 5.54. The first-order valence-corrected chi connectivity index (χ1v) is 7.78. The number of furan rings is 1. The molecule has 1 aliphatic heterocycles. The van der Waals surface area contributed by atoms with Crippen LogP contribution < -0.4 is 0 Å². The average Bonchev–Trinajstić information content (AvgIpc) is 3.21. The van der Waals surface area contributed by atoms with E-state index >= 15 is 0 Å². The number of hydrogen-bond donors (Lipinski definition) is 0. The van der Waals surface area contributed by atoms with Gasteiger partial charge < -0.3 is 9.32 Å². The molecule has 0 saturated heterocycles. The van der Waals surface area contributed by atoms with Crippen molar-refractivity contribution in [3.8, 4) is 11.1 Å². The van der Waals surface area contributed by atoms with Crippen LogP contribution in [-0.4, -0.2) is 20.6 Å². The molecule has 0 radical (unpaired) electrons. The van der Waals surface area contributed by atoms with E-state index in [0.717, 1.165) is 0 Å². The average molecular weight is 343 g/mol. The monoisotopic (exact) mass is 343 g/mol. The van der Waals surface area contributed by atoms with Crippen molar-refractivity contribution in [1.29, 1.82) is 0 Å². The Hall–Kier alpha value is -2.96. The summed E-state index contributed by atoms with van der Waals surface area (Å²) in [5.41, 5.74) is 2.09. The van der Waals surface area contributed by atoms with Gasteiger partial charge in [-0.05, 0) is 30.7 Å². The van der Waals surface area contributed by atoms with Gasteiger partial charge in [0, 0.05) is 24.4 Å². The van der Waals surface area contributed by atoms with Crippen LogP contribution in [0, 0.1) is 18.6 Å². The van der Waals surface area contributed by atoms with Crippen LogP contribution in [0.2, 0.25) is 0 Å². The Morgan fingerprint density at radius 1 is 1.24 bits per heavy atom. The highest BCUT2D eigenvalue weighted by atomic mass is 19.1. The largest absolute Gasteiger partial charge is 0.467 e. The number of carbonyl (C=O) groups is 1. The minimum Gasteiger partial charge on any atom is -0.467 e. The third-order valence-electron chi connectivity index (χ3n) is 4.41. The van der Waals surface area contributed by atoms with E-state index in [9.17, 15) is 13.6 Å². The maximum absolute atomic E-state index is 14.5. The molecule has 0 bridgehead atoms. The van der Waals surface area contributed by atoms with Crippen molar-refractivity contribution in [3.63, 3.8) is 0 Å². The summed E-state index contributed by atoms with van der Waals surface area (Å²) in [6.07, 6.45) is 3.15. The zero-order chi connectivity index (χ0) is 17.7. The molecule has 5 nitrogen and oxygen atoms in total. The molecule has 3 aromatic rings. The Morgan fingerprint density at radius 3 is 2.56 bits per heavy atom. The normalized spacial score (nSPS) is 13.6. The highest BCUT2D eigenvalue weighted by molar-refractivity contribution is 5.97. The fraction of sp³-hybridized carbons (Fsp3) is 0.222. The van der Waals surface area contributed by atoms with E-state index in [2.05, 4.69) is 5.10 Å². The van der Waals surface area contributed by atoms with Gasteiger partial charge in [0.25, 0.3) is 5.91 Å². The van der Waals surface area contributed by atoms with Gasteiger partial charge in [0.1, 0.15) is 17.4 Å². The van der Waals surface area contributed by atoms with Crippen molar-refractivity contribution < 1.29 is 18.0 Å². The smallest absolute Gasteiger partial charge is 0.258 e. The van der Waals surface area contributed by atoms with Crippen LogP contribution in [-0.2, 0) is 20.1 Å². The van der Waals surface area contributed by atoms with E-state index in [1.54, 1.807) is 30.9 Å². The van der Waals surface area contributed by atoms with Crippen molar-refractivity contribution in [2.75, 3.05) is 0 Å². The summed E-state index contributed by atoms with van der Waals surface area (Å²) in [7, 11) is 1.75. The van der Waals surface area contributed by atoms with Crippen LogP contribution in [0.3, 0.4) is 0 Å². The molecule has 2 aromatic heterocycles. The standard InChI is InChI=1S/C18H15F2N3O2/c1-10-13(7-22(2)21-10)11-5-15(19)14(16(20)6-11)8-23-9-17-12(18(23)24)3-4-25-17/h3-7H,8-9H2,1-2H3. The summed E-state index contributed by atoms with van der Waals surface area (Å²) in [5, 5.41) is 4.19. The van der Waals surface area contributed by atoms with Crippen LogP contribution in [0.25, 0.3) is 11.1 Å². The van der Waals surface area contributed by atoms with Crippen LogP contribution >= 0.6 is 0 Å². The summed E-state index contributed by atoms with van der Waals surface area (Å²) < 4.78 is 35.9. The quantitative estimate of drug-likeness (QED) is 0.732. The van der Waals surface area contributed by atoms with Crippen LogP contribution in [0.1, 0.15) is 27.4 Å². The highest BCUT2D eigenvalue weighted by Crippen LogP contribution is 2.30. The molecule has 0 fully saturated rings. The molecule has 1 aliphatic rings. The first-order valence-electron chi connectivity index (χ1n) is 7.78. The Morgan fingerprint density at radius 2 is 1.96 bits per heavy atom. The van der Waals surface area contributed by atoms with Crippen LogP contribution in [0.4, 0.5) is 8.78 Å². The fourth-order valence-electron chi connectivity index (χ4n) is 3.18. The van der Waals surface area contributed by atoms with Gasteiger partial charge in [0.15, 0.2) is 0 Å². The Bertz CT molecular complexity index is 967. The van der Waals surface area contributed by atoms with Crippen molar-refractivity contribution in [2.45, 2.75) is 20.0 Å². The molecule has 0 atom stereocenters. The molecule has 0 N–H and O–H groups in total. The number of hydrogen-bond acceptors (Lipinski definition) is 3. The van der Waals surface area contributed by atoms with Gasteiger partial charge in [-0.1, -0.05) is 0 Å². The van der Waals surface area contributed by atoms with E-state index in [4.69, 9.17) is 4.42 Å². The van der Waals surface area contributed by atoms with Crippen molar-refractivity contribution in [1.82, 2.24) is 14.7 Å². The second-order valence-electron chi connectivity index (χ2n) is 6.14. The maximum Gasteiger partial charge on any atom is 0.258 e. The predicted molar refractivity (Wildman–Crippen MR) is 85.6 cm³/mol. The molecule has 1 aromatic carbocycles. The van der Waals surface area contributed by atoms with Gasteiger partial charge in [-0.3, -0.25) is 9.48 Å². The third kappa shape index (κ3) is 2.52. The van der Waals surface area contributed by atoms with E-state index in [0.29, 0.717) is 28.1 Å². The molecule has 0 aliphatic carbocycles. The van der Waals surface area contributed by atoms with E-state index < -0.39 is 11.6 Å². The maximum atomic E-state index is 14.5. The first kappa shape index (κ1) is 15.6. The van der Waals surface area contributed by atoms with Crippen LogP contribution in [0.15, 0.2) is 35.1 Å². The number of aromatic nitrogens is 2. The molecule has 128 valence electrons. The number of halogens is 2. The van der Waals surface area contributed by atoms with E-state index in [1.165, 1.54) is 23.3 Å². The SMILES string of the molecule is Cc1nn(C)cc1-c1cc(F)c(CN2Cc3occc3C2=O)c(F)c1. The number of fused-ring (bicyclic) bond motifs is 1. The Kier molecular flexibility index (Phi) is 3.45. The van der Waals surface area contributed by atoms with Gasteiger partial charge in [0.2, 0.25) is 0 Å². The summed E-state index contributed by atoms with van der Waals surface area (Å²) in [6, 6.07) is 4.12. The minimum atomic E-state index is -0.686. The van der Waals surface area contributed by atoms with Gasteiger partial charge >= 0.3 is 0 Å². The third-order valence-corrected chi connectivity index (χ3v) is 4.41. The zero-order valence-electron chi connectivity index (χ0n) is 13.7. The minimum absolute atomic E-state index is 0.135. The van der Waals surface area contributed by atoms with Crippen molar-refractivity contribution >= 4 is 5.91 Å². The molecule has 4 rings (SSSR count). The fourth-order valence-corrected chi connectivity index (χ4v) is 3.18. The molecular formula is C18H15F2N3O2. The van der Waals surface area contributed by atoms with Crippen molar-refractivity contribution in [2.24, 2.45) is 7.05 Å². The van der Waals surface area contributed by atoms with Crippen molar-refractivity contribution in [3.05, 3.63) is 64.9 Å². The zero-order valence-corrected chi connectivity index (χ0v) is 13.7. The Labute approximate surface area is 142 Å². The summed E-state index contributed by atoms with van der Waals surface area (Å²) in [5.74, 6) is -1.13. The number of rotatable bonds is 3. The lowest BCUT2D eigenvalue weighted by atomic mass is 10.0. The van der Waals surface area contributed by atoms with Gasteiger partial charge in [-0.2, -0.15) is 5.10 Å². The number of benzene rings is 1. The van der Waals surface area contributed by atoms with E-state index in [1.807, 2.05) is 0 Å². The van der Waals surface area contributed by atoms with Gasteiger partial charge in [-0.15, -0.1) is 0 Å². The molecular weight excluding hydrogens is 328 g/mol. The summed E-state index contributed by atoms with van der Waals surface area (Å²) in [6.45, 7) is 1.85. The molecule has 25 heavy (non-hydrogen) atoms. The van der Waals surface area contributed by atoms with Gasteiger partial charge in [0.05, 0.1) is 30.6 Å². The number of amides is 1. The molecule has 0 unspecified atom stereocenters. The lowest BCUT2D eigenvalue weighted by Gasteiger charge is -2.17. The lowest BCUT2D eigenvalue weighted by molar-refractivity contribution is 0.0759. The Balaban J connectivity index is 1.64. The first-order chi connectivity index (χ1) is 11.9. The predicted octanol–water partition coefficient (Wildman–Crippen LogP) is 3.42. The number of nitrogens with zero attached hydrogens (tertiary/aromatic N) is 3. The molecule has 7 heteroatoms. The topological polar surface area (TPSA) is 51.3 Å². The summed E-state index contributed by atoms with van der Waals surface area (Å²) >= 11 is 0.